The number of fused-ring (bicyclic) bond motifs is 4. The smallest absolute Gasteiger partial charge is 0.277 e. The fourth-order valence-corrected chi connectivity index (χ4v) is 11.7. The number of aromatic nitrogens is 6. The number of sulfonamides is 2. The third-order valence-corrected chi connectivity index (χ3v) is 18.0. The molecule has 0 aliphatic heterocycles. The first-order valence-electron chi connectivity index (χ1n) is 27.7. The van der Waals surface area contributed by atoms with Crippen LogP contribution in [-0.4, -0.2) is 99.3 Å². The summed E-state index contributed by atoms with van der Waals surface area (Å²) >= 11 is 6.74. The third kappa shape index (κ3) is 12.3. The molecule has 0 bridgehead atoms. The topological polar surface area (TPSA) is 255 Å². The first kappa shape index (κ1) is 63.0. The van der Waals surface area contributed by atoms with Crippen LogP contribution >= 0.6 is 11.6 Å². The van der Waals surface area contributed by atoms with Gasteiger partial charge in [-0.15, -0.1) is 10.2 Å². The molecule has 468 valence electrons. The molecule has 0 saturated carbocycles. The summed E-state index contributed by atoms with van der Waals surface area (Å²) in [7, 11) is -1.97. The first-order valence-corrected chi connectivity index (χ1v) is 31.8. The van der Waals surface area contributed by atoms with Gasteiger partial charge in [0.05, 0.1) is 63.9 Å². The molecular formula is C65H51ClF4N10O10S2. The first-order chi connectivity index (χ1) is 43.7. The van der Waals surface area contributed by atoms with Crippen molar-refractivity contribution in [2.75, 3.05) is 49.3 Å². The SMILES string of the molecule is CNC(=O)c1c(-c2ccc(F)cc2)oc2cc(N(C)S(C)(=O)=O)c(-c3cc(C)c4nnn(Cc5ccc(F)cc5)c(=O)c4c3)cc12.CNC(=O)c1c(-c2ccc(F)cc2)oc2cc(N(C)S(C)(=O)=O)c(-c3cc4c(=O)n(Cc5ccc(F)cc5)nnc4cc3Cl)cc12. The van der Waals surface area contributed by atoms with Crippen LogP contribution in [0.15, 0.2) is 164 Å². The zero-order valence-electron chi connectivity index (χ0n) is 49.6. The van der Waals surface area contributed by atoms with Crippen molar-refractivity contribution < 1.29 is 52.8 Å². The highest BCUT2D eigenvalue weighted by molar-refractivity contribution is 7.92. The highest BCUT2D eigenvalue weighted by Gasteiger charge is 2.30. The second-order valence-corrected chi connectivity index (χ2v) is 25.8. The van der Waals surface area contributed by atoms with Crippen LogP contribution in [0, 0.1) is 30.2 Å². The number of carbonyl (C=O) groups is 2. The normalized spacial score (nSPS) is 11.7. The van der Waals surface area contributed by atoms with Gasteiger partial charge in [-0.25, -0.2) is 43.8 Å². The maximum atomic E-state index is 13.7. The molecule has 4 aromatic heterocycles. The van der Waals surface area contributed by atoms with Crippen LogP contribution in [-0.2, 0) is 33.1 Å². The summed E-state index contributed by atoms with van der Waals surface area (Å²) in [4.78, 5) is 53.7. The van der Waals surface area contributed by atoms with Gasteiger partial charge < -0.3 is 19.5 Å². The van der Waals surface area contributed by atoms with E-state index in [1.807, 2.05) is 0 Å². The van der Waals surface area contributed by atoms with Gasteiger partial charge in [0.25, 0.3) is 22.9 Å². The van der Waals surface area contributed by atoms with Gasteiger partial charge in [0, 0.05) is 78.9 Å². The Bertz CT molecular complexity index is 5340. The van der Waals surface area contributed by atoms with Gasteiger partial charge in [0.1, 0.15) is 57.0 Å². The summed E-state index contributed by atoms with van der Waals surface area (Å²) in [6.07, 6.45) is 2.08. The Kier molecular flexibility index (Phi) is 16.9. The fraction of sp³-hybridized carbons (Fsp3) is 0.138. The van der Waals surface area contributed by atoms with Crippen molar-refractivity contribution in [3.63, 3.8) is 0 Å². The van der Waals surface area contributed by atoms with Crippen LogP contribution in [0.25, 0.3) is 88.6 Å². The summed E-state index contributed by atoms with van der Waals surface area (Å²) in [5.74, 6) is -2.43. The summed E-state index contributed by atoms with van der Waals surface area (Å²) in [5, 5.41) is 22.9. The van der Waals surface area contributed by atoms with E-state index < -0.39 is 66.2 Å². The molecular weight excluding hydrogens is 1260 g/mol. The Balaban J connectivity index is 0.000000188. The van der Waals surface area contributed by atoms with E-state index in [-0.39, 0.29) is 90.7 Å². The van der Waals surface area contributed by atoms with Crippen LogP contribution in [0.2, 0.25) is 5.02 Å². The van der Waals surface area contributed by atoms with Gasteiger partial charge in [-0.3, -0.25) is 27.8 Å². The number of hydrogen-bond acceptors (Lipinski definition) is 14. The zero-order valence-corrected chi connectivity index (χ0v) is 52.0. The van der Waals surface area contributed by atoms with Crippen LogP contribution < -0.4 is 30.4 Å². The number of amides is 2. The lowest BCUT2D eigenvalue weighted by Crippen LogP contribution is -2.26. The molecule has 2 N–H and O–H groups in total. The van der Waals surface area contributed by atoms with Gasteiger partial charge >= 0.3 is 0 Å². The molecule has 12 aromatic rings. The zero-order chi connectivity index (χ0) is 65.8. The molecule has 2 amide bonds. The molecule has 0 unspecified atom stereocenters. The number of anilines is 2. The lowest BCUT2D eigenvalue weighted by molar-refractivity contribution is 0.0956. The highest BCUT2D eigenvalue weighted by Crippen LogP contribution is 2.45. The van der Waals surface area contributed by atoms with Gasteiger partial charge in [-0.05, 0) is 138 Å². The second-order valence-electron chi connectivity index (χ2n) is 21.4. The quantitative estimate of drug-likeness (QED) is 0.0961. The number of benzene rings is 8. The molecule has 0 spiro atoms. The maximum Gasteiger partial charge on any atom is 0.277 e. The molecule has 0 aliphatic carbocycles. The molecule has 92 heavy (non-hydrogen) atoms. The van der Waals surface area contributed by atoms with E-state index in [1.165, 1.54) is 142 Å². The van der Waals surface area contributed by atoms with Gasteiger partial charge in [0.15, 0.2) is 0 Å². The van der Waals surface area contributed by atoms with Crippen molar-refractivity contribution >= 4 is 98.6 Å². The van der Waals surface area contributed by atoms with Gasteiger partial charge in [-0.2, -0.15) is 0 Å². The van der Waals surface area contributed by atoms with E-state index in [0.717, 1.165) is 25.8 Å². The Hall–Kier alpha value is -10.6. The molecule has 8 aromatic carbocycles. The molecule has 0 fully saturated rings. The predicted molar refractivity (Wildman–Crippen MR) is 343 cm³/mol. The number of hydrogen-bond donors (Lipinski definition) is 2. The number of aryl methyl sites for hydroxylation is 1. The van der Waals surface area contributed by atoms with E-state index in [4.69, 9.17) is 20.4 Å². The van der Waals surface area contributed by atoms with Crippen molar-refractivity contribution in [2.24, 2.45) is 0 Å². The molecule has 0 atom stereocenters. The molecule has 0 aliphatic rings. The monoisotopic (exact) mass is 1310 g/mol. The summed E-state index contributed by atoms with van der Waals surface area (Å²) < 4.78 is 122. The number of rotatable bonds is 14. The Morgan fingerprint density at radius 2 is 0.924 bits per heavy atom. The molecule has 4 heterocycles. The molecule has 0 radical (unpaired) electrons. The number of halogens is 5. The lowest BCUT2D eigenvalue weighted by atomic mass is 9.96. The highest BCUT2D eigenvalue weighted by atomic mass is 35.5. The predicted octanol–water partition coefficient (Wildman–Crippen LogP) is 10.9. The van der Waals surface area contributed by atoms with E-state index in [9.17, 15) is 53.6 Å². The Morgan fingerprint density at radius 1 is 0.522 bits per heavy atom. The van der Waals surface area contributed by atoms with E-state index in [1.54, 1.807) is 43.3 Å². The number of nitrogens with zero attached hydrogens (tertiary/aromatic N) is 8. The van der Waals surface area contributed by atoms with Crippen LogP contribution in [0.3, 0.4) is 0 Å². The summed E-state index contributed by atoms with van der Waals surface area (Å²) in [6, 6.07) is 34.5. The second kappa shape index (κ2) is 24.7. The average molecular weight is 1310 g/mol. The van der Waals surface area contributed by atoms with Crippen molar-refractivity contribution in [1.29, 1.82) is 0 Å². The lowest BCUT2D eigenvalue weighted by Gasteiger charge is -2.21. The number of furan rings is 2. The molecule has 20 nitrogen and oxygen atoms in total. The molecule has 27 heteroatoms. The van der Waals surface area contributed by atoms with Crippen molar-refractivity contribution in [3.8, 4) is 44.9 Å². The molecule has 0 saturated heterocycles. The van der Waals surface area contributed by atoms with Crippen molar-refractivity contribution in [3.05, 3.63) is 222 Å². The van der Waals surface area contributed by atoms with Gasteiger partial charge in [-0.1, -0.05) is 46.3 Å². The van der Waals surface area contributed by atoms with E-state index in [2.05, 4.69) is 31.3 Å². The minimum absolute atomic E-state index is 0.0186. The average Bonchev–Trinajstić information content (AvgIpc) is 1.45. The van der Waals surface area contributed by atoms with Crippen LogP contribution in [0.4, 0.5) is 28.9 Å². The molecule has 12 rings (SSSR count). The number of nitrogens with one attached hydrogen (secondary N) is 2. The largest absolute Gasteiger partial charge is 0.455 e. The Morgan fingerprint density at radius 3 is 1.37 bits per heavy atom. The van der Waals surface area contributed by atoms with E-state index in [0.29, 0.717) is 55.2 Å². The van der Waals surface area contributed by atoms with Crippen LogP contribution in [0.5, 0.6) is 0 Å². The van der Waals surface area contributed by atoms with Crippen LogP contribution in [0.1, 0.15) is 37.4 Å². The van der Waals surface area contributed by atoms with E-state index >= 15 is 0 Å². The minimum atomic E-state index is -3.83. The number of carbonyl (C=O) groups excluding carboxylic acids is 2. The standard InChI is InChI=1S/C33H27F2N5O5S.C32H24ClF2N5O5S/c1-18-13-21(14-26-30(18)37-38-40(33(26)42)17-19-5-9-22(34)10-6-19)24-15-25-28(16-27(24)39(3)46(4,43)44)45-31(29(25)32(41)36-2)20-7-11-23(35)12-8-20;1-36-31(41)29-24-13-22(27(39(2)46(3,43)44)15-28(24)45-30(29)18-6-10-20(35)11-7-18)21-12-23-26(14-25(21)33)37-38-40(32(23)42)16-17-4-8-19(34)9-5-17/h5-16H,17H2,1-4H3,(H,36,41);4-15H,16H2,1-3H3,(H,36,41). The van der Waals surface area contributed by atoms with Gasteiger partial charge in [0.2, 0.25) is 20.0 Å². The third-order valence-electron chi connectivity index (χ3n) is 15.3. The minimum Gasteiger partial charge on any atom is -0.455 e. The summed E-state index contributed by atoms with van der Waals surface area (Å²) in [5.41, 5.74) is 4.78. The maximum absolute atomic E-state index is 13.7. The van der Waals surface area contributed by atoms with Crippen molar-refractivity contribution in [2.45, 2.75) is 20.0 Å². The Labute approximate surface area is 526 Å². The fourth-order valence-electron chi connectivity index (χ4n) is 10.4. The van der Waals surface area contributed by atoms with Crippen molar-refractivity contribution in [1.82, 2.24) is 40.6 Å². The summed E-state index contributed by atoms with van der Waals surface area (Å²) in [6.45, 7) is 1.82.